The Labute approximate surface area is 175 Å². The molecule has 0 radical (unpaired) electrons. The second kappa shape index (κ2) is 9.42. The molecule has 1 aromatic heterocycles. The highest BCUT2D eigenvalue weighted by atomic mass is 35.5. The Kier molecular flexibility index (Phi) is 6.70. The Morgan fingerprint density at radius 2 is 2.04 bits per heavy atom. The minimum atomic E-state index is 0.210. The molecule has 0 aliphatic carbocycles. The first-order valence-corrected chi connectivity index (χ1v) is 10.5. The molecule has 2 aromatic rings. The zero-order valence-electron chi connectivity index (χ0n) is 15.8. The van der Waals surface area contributed by atoms with Crippen molar-refractivity contribution in [1.29, 1.82) is 0 Å². The first-order chi connectivity index (χ1) is 13.7. The maximum absolute atomic E-state index is 6.21. The molecular formula is C21H25Cl2N3O2. The van der Waals surface area contributed by atoms with Gasteiger partial charge in [-0.25, -0.2) is 4.98 Å². The van der Waals surface area contributed by atoms with Gasteiger partial charge in [0, 0.05) is 50.9 Å². The molecule has 1 unspecified atom stereocenters. The standard InChI is InChI=1S/C21H25Cl2N3O2/c22-19-3-2-15(10-20(19)23)17-13-24-12-16-11-21(25-14-18(16)17)28-7-1-4-26-5-8-27-9-6-26/h2-3,10-11,14,17,24H,1,4-9,12-13H2. The Bertz CT molecular complexity index is 812. The van der Waals surface area contributed by atoms with Gasteiger partial charge in [0.1, 0.15) is 0 Å². The van der Waals surface area contributed by atoms with Crippen LogP contribution in [0.4, 0.5) is 0 Å². The molecule has 5 nitrogen and oxygen atoms in total. The van der Waals surface area contributed by atoms with Crippen LogP contribution in [0.3, 0.4) is 0 Å². The van der Waals surface area contributed by atoms with E-state index < -0.39 is 0 Å². The number of hydrogen-bond acceptors (Lipinski definition) is 5. The number of hydrogen-bond donors (Lipinski definition) is 1. The number of fused-ring (bicyclic) bond motifs is 1. The predicted molar refractivity (Wildman–Crippen MR) is 112 cm³/mol. The lowest BCUT2D eigenvalue weighted by atomic mass is 9.87. The van der Waals surface area contributed by atoms with Gasteiger partial charge in [-0.1, -0.05) is 29.3 Å². The van der Waals surface area contributed by atoms with Gasteiger partial charge in [0.25, 0.3) is 0 Å². The lowest BCUT2D eigenvalue weighted by Crippen LogP contribution is -2.37. The number of morpholine rings is 1. The van der Waals surface area contributed by atoms with Gasteiger partial charge < -0.3 is 14.8 Å². The lowest BCUT2D eigenvalue weighted by Gasteiger charge is -2.27. The van der Waals surface area contributed by atoms with Crippen molar-refractivity contribution >= 4 is 23.2 Å². The smallest absolute Gasteiger partial charge is 0.213 e. The Morgan fingerprint density at radius 1 is 1.18 bits per heavy atom. The van der Waals surface area contributed by atoms with Crippen molar-refractivity contribution in [1.82, 2.24) is 15.2 Å². The van der Waals surface area contributed by atoms with Crippen molar-refractivity contribution in [2.45, 2.75) is 18.9 Å². The maximum Gasteiger partial charge on any atom is 0.213 e. The summed E-state index contributed by atoms with van der Waals surface area (Å²) >= 11 is 12.3. The van der Waals surface area contributed by atoms with Crippen LogP contribution in [-0.2, 0) is 11.3 Å². The van der Waals surface area contributed by atoms with Gasteiger partial charge >= 0.3 is 0 Å². The molecule has 1 saturated heterocycles. The summed E-state index contributed by atoms with van der Waals surface area (Å²) in [6.07, 6.45) is 2.93. The zero-order valence-corrected chi connectivity index (χ0v) is 17.3. The molecule has 4 rings (SSSR count). The number of aromatic nitrogens is 1. The van der Waals surface area contributed by atoms with E-state index in [4.69, 9.17) is 32.7 Å². The molecule has 0 saturated carbocycles. The van der Waals surface area contributed by atoms with Gasteiger partial charge in [0.2, 0.25) is 5.88 Å². The number of rotatable bonds is 6. The largest absolute Gasteiger partial charge is 0.478 e. The van der Waals surface area contributed by atoms with Crippen molar-refractivity contribution in [3.8, 4) is 5.88 Å². The van der Waals surface area contributed by atoms with Crippen LogP contribution in [0.2, 0.25) is 10.0 Å². The van der Waals surface area contributed by atoms with Crippen LogP contribution in [0.15, 0.2) is 30.5 Å². The van der Waals surface area contributed by atoms with E-state index in [-0.39, 0.29) is 5.92 Å². The Hall–Kier alpha value is -1.37. The van der Waals surface area contributed by atoms with Crippen molar-refractivity contribution in [3.05, 3.63) is 57.2 Å². The van der Waals surface area contributed by atoms with E-state index in [9.17, 15) is 0 Å². The molecule has 1 aromatic carbocycles. The van der Waals surface area contributed by atoms with Gasteiger partial charge in [-0.05, 0) is 35.2 Å². The van der Waals surface area contributed by atoms with E-state index in [0.29, 0.717) is 22.5 Å². The van der Waals surface area contributed by atoms with E-state index >= 15 is 0 Å². The molecule has 1 fully saturated rings. The normalized spacial score (nSPS) is 20.0. The van der Waals surface area contributed by atoms with E-state index in [1.807, 2.05) is 24.4 Å². The summed E-state index contributed by atoms with van der Waals surface area (Å²) in [4.78, 5) is 6.97. The molecule has 0 bridgehead atoms. The molecule has 2 aliphatic heterocycles. The highest BCUT2D eigenvalue weighted by molar-refractivity contribution is 6.42. The van der Waals surface area contributed by atoms with Crippen molar-refractivity contribution in [3.63, 3.8) is 0 Å². The molecule has 2 aliphatic rings. The monoisotopic (exact) mass is 421 g/mol. The molecule has 28 heavy (non-hydrogen) atoms. The third-order valence-electron chi connectivity index (χ3n) is 5.36. The third-order valence-corrected chi connectivity index (χ3v) is 6.10. The quantitative estimate of drug-likeness (QED) is 0.719. The third kappa shape index (κ3) is 4.78. The molecule has 0 spiro atoms. The van der Waals surface area contributed by atoms with Crippen LogP contribution < -0.4 is 10.1 Å². The number of nitrogens with zero attached hydrogens (tertiary/aromatic N) is 2. The number of ether oxygens (including phenoxy) is 2. The van der Waals surface area contributed by atoms with E-state index in [0.717, 1.165) is 57.9 Å². The highest BCUT2D eigenvalue weighted by Crippen LogP contribution is 2.34. The van der Waals surface area contributed by atoms with Crippen LogP contribution in [0.1, 0.15) is 29.0 Å². The van der Waals surface area contributed by atoms with Crippen molar-refractivity contribution in [2.24, 2.45) is 0 Å². The summed E-state index contributed by atoms with van der Waals surface area (Å²) in [5.74, 6) is 0.902. The number of pyridine rings is 1. The summed E-state index contributed by atoms with van der Waals surface area (Å²) < 4.78 is 11.3. The SMILES string of the molecule is Clc1ccc(C2CNCc3cc(OCCCN4CCOCC4)ncc32)cc1Cl. The van der Waals surface area contributed by atoms with Gasteiger partial charge in [-0.15, -0.1) is 0 Å². The molecule has 0 amide bonds. The Balaban J connectivity index is 1.38. The fraction of sp³-hybridized carbons (Fsp3) is 0.476. The van der Waals surface area contributed by atoms with E-state index in [1.165, 1.54) is 11.1 Å². The second-order valence-corrected chi connectivity index (χ2v) is 8.05. The van der Waals surface area contributed by atoms with Crippen LogP contribution in [0.25, 0.3) is 0 Å². The first kappa shape index (κ1) is 19.9. The average molecular weight is 422 g/mol. The summed E-state index contributed by atoms with van der Waals surface area (Å²) in [5.41, 5.74) is 3.59. The summed E-state index contributed by atoms with van der Waals surface area (Å²) in [6, 6.07) is 7.89. The van der Waals surface area contributed by atoms with Crippen LogP contribution in [-0.4, -0.2) is 55.9 Å². The van der Waals surface area contributed by atoms with Crippen LogP contribution in [0, 0.1) is 0 Å². The maximum atomic E-state index is 6.21. The zero-order chi connectivity index (χ0) is 19.3. The highest BCUT2D eigenvalue weighted by Gasteiger charge is 2.23. The molecule has 7 heteroatoms. The van der Waals surface area contributed by atoms with Gasteiger partial charge in [0.15, 0.2) is 0 Å². The van der Waals surface area contributed by atoms with E-state index in [1.54, 1.807) is 0 Å². The topological polar surface area (TPSA) is 46.6 Å². The minimum absolute atomic E-state index is 0.210. The van der Waals surface area contributed by atoms with Gasteiger partial charge in [-0.3, -0.25) is 4.90 Å². The molecular weight excluding hydrogens is 397 g/mol. The van der Waals surface area contributed by atoms with Gasteiger partial charge in [-0.2, -0.15) is 0 Å². The molecule has 1 N–H and O–H groups in total. The van der Waals surface area contributed by atoms with Crippen molar-refractivity contribution < 1.29 is 9.47 Å². The number of halogens is 2. The van der Waals surface area contributed by atoms with Crippen molar-refractivity contribution in [2.75, 3.05) is 46.0 Å². The summed E-state index contributed by atoms with van der Waals surface area (Å²) in [6.45, 7) is 7.08. The second-order valence-electron chi connectivity index (χ2n) is 7.23. The minimum Gasteiger partial charge on any atom is -0.478 e. The molecule has 150 valence electrons. The number of benzene rings is 1. The van der Waals surface area contributed by atoms with Crippen LogP contribution >= 0.6 is 23.2 Å². The molecule has 3 heterocycles. The Morgan fingerprint density at radius 3 is 2.86 bits per heavy atom. The van der Waals surface area contributed by atoms with Crippen LogP contribution in [0.5, 0.6) is 5.88 Å². The van der Waals surface area contributed by atoms with E-state index in [2.05, 4.69) is 21.3 Å². The predicted octanol–water partition coefficient (Wildman–Crippen LogP) is 3.72. The van der Waals surface area contributed by atoms with Gasteiger partial charge in [0.05, 0.1) is 29.9 Å². The fourth-order valence-corrected chi connectivity index (χ4v) is 4.12. The molecule has 1 atom stereocenters. The summed E-state index contributed by atoms with van der Waals surface area (Å²) in [7, 11) is 0. The lowest BCUT2D eigenvalue weighted by molar-refractivity contribution is 0.0357. The summed E-state index contributed by atoms with van der Waals surface area (Å²) in [5, 5.41) is 4.64. The first-order valence-electron chi connectivity index (χ1n) is 9.78. The fourth-order valence-electron chi connectivity index (χ4n) is 3.81. The average Bonchev–Trinajstić information content (AvgIpc) is 2.73. The number of nitrogens with one attached hydrogen (secondary N) is 1.